The second-order valence-electron chi connectivity index (χ2n) is 4.87. The first-order valence-corrected chi connectivity index (χ1v) is 6.90. The maximum atomic E-state index is 13.1. The highest BCUT2D eigenvalue weighted by Gasteiger charge is 2.44. The Labute approximate surface area is 136 Å². The number of hydrogen-bond donors (Lipinski definition) is 1. The van der Waals surface area contributed by atoms with E-state index in [9.17, 15) is 22.4 Å². The zero-order valence-electron chi connectivity index (χ0n) is 13.0. The van der Waals surface area contributed by atoms with Crippen molar-refractivity contribution in [2.45, 2.75) is 38.3 Å². The predicted octanol–water partition coefficient (Wildman–Crippen LogP) is 2.89. The van der Waals surface area contributed by atoms with Crippen LogP contribution < -0.4 is 14.8 Å². The maximum Gasteiger partial charge on any atom is 0.461 e. The summed E-state index contributed by atoms with van der Waals surface area (Å²) in [6, 6.07) is 5.06. The van der Waals surface area contributed by atoms with Gasteiger partial charge in [0.05, 0.1) is 13.2 Å². The molecule has 0 aromatic heterocycles. The monoisotopic (exact) mass is 348 g/mol. The largest absolute Gasteiger partial charge is 0.493 e. The molecule has 1 aromatic rings. The molecule has 1 atom stereocenters. The molecule has 1 rings (SSSR count). The second-order valence-corrected chi connectivity index (χ2v) is 4.87. The summed E-state index contributed by atoms with van der Waals surface area (Å²) in [4.78, 5) is 11.6. The highest BCUT2D eigenvalue weighted by Crippen LogP contribution is 2.35. The molecule has 1 aromatic carbocycles. The van der Waals surface area contributed by atoms with Gasteiger partial charge >= 0.3 is 12.5 Å². The van der Waals surface area contributed by atoms with Crippen LogP contribution in [0, 0.1) is 11.3 Å². The van der Waals surface area contributed by atoms with E-state index >= 15 is 0 Å². The normalized spacial score (nSPS) is 12.4. The number of alkyl halides is 4. The van der Waals surface area contributed by atoms with Crippen LogP contribution in [0.1, 0.15) is 18.9 Å². The lowest BCUT2D eigenvalue weighted by Crippen LogP contribution is -2.33. The van der Waals surface area contributed by atoms with Crippen molar-refractivity contribution in [3.63, 3.8) is 0 Å². The third-order valence-corrected chi connectivity index (χ3v) is 2.94. The summed E-state index contributed by atoms with van der Waals surface area (Å²) in [5.41, 5.74) is 0.413. The number of halogens is 4. The standard InChI is InChI=1S/C15H16F4N2O3/c1-9(8-20)21-13(22)6-4-10-3-5-11(23-2)12(7-10)24-15(18,19)14(16)17/h3,5,7,9,14H,4,6H2,1-2H3,(H,21,22). The molecule has 0 aliphatic heterocycles. The van der Waals surface area contributed by atoms with E-state index in [1.807, 2.05) is 6.07 Å². The average molecular weight is 348 g/mol. The van der Waals surface area contributed by atoms with Gasteiger partial charge in [-0.05, 0) is 31.0 Å². The summed E-state index contributed by atoms with van der Waals surface area (Å²) in [5.74, 6) is -1.09. The minimum absolute atomic E-state index is 0.0109. The first kappa shape index (κ1) is 19.5. The van der Waals surface area contributed by atoms with Gasteiger partial charge in [0, 0.05) is 6.42 Å². The van der Waals surface area contributed by atoms with E-state index in [0.29, 0.717) is 5.56 Å². The molecule has 9 heteroatoms. The number of rotatable bonds is 8. The van der Waals surface area contributed by atoms with Crippen LogP contribution in [0.4, 0.5) is 17.6 Å². The average Bonchev–Trinajstić information content (AvgIpc) is 2.52. The molecule has 0 saturated carbocycles. The number of hydrogen-bond acceptors (Lipinski definition) is 4. The van der Waals surface area contributed by atoms with Crippen LogP contribution in [-0.2, 0) is 11.2 Å². The summed E-state index contributed by atoms with van der Waals surface area (Å²) < 4.78 is 59.5. The van der Waals surface area contributed by atoms with Crippen LogP contribution in [0.3, 0.4) is 0 Å². The van der Waals surface area contributed by atoms with Crippen molar-refractivity contribution in [1.82, 2.24) is 5.32 Å². The lowest BCUT2D eigenvalue weighted by molar-refractivity contribution is -0.253. The van der Waals surface area contributed by atoms with Gasteiger partial charge in [-0.2, -0.15) is 22.8 Å². The molecule has 0 aliphatic carbocycles. The number of carbonyl (C=O) groups is 1. The van der Waals surface area contributed by atoms with E-state index in [-0.39, 0.29) is 18.6 Å². The zero-order valence-corrected chi connectivity index (χ0v) is 13.0. The fourth-order valence-corrected chi connectivity index (χ4v) is 1.75. The molecular weight excluding hydrogens is 332 g/mol. The Kier molecular flexibility index (Phi) is 6.82. The lowest BCUT2D eigenvalue weighted by atomic mass is 10.1. The molecule has 1 amide bonds. The third kappa shape index (κ3) is 5.61. The zero-order chi connectivity index (χ0) is 18.3. The molecule has 0 spiro atoms. The smallest absolute Gasteiger partial charge is 0.461 e. The Morgan fingerprint density at radius 1 is 1.38 bits per heavy atom. The minimum atomic E-state index is -4.66. The fourth-order valence-electron chi connectivity index (χ4n) is 1.75. The molecule has 1 unspecified atom stereocenters. The van der Waals surface area contributed by atoms with Crippen molar-refractivity contribution >= 4 is 5.91 Å². The van der Waals surface area contributed by atoms with Crippen molar-refractivity contribution < 1.29 is 31.8 Å². The molecule has 0 radical (unpaired) electrons. The second kappa shape index (κ2) is 8.38. The number of benzene rings is 1. The topological polar surface area (TPSA) is 71.3 Å². The number of nitriles is 1. The van der Waals surface area contributed by atoms with Gasteiger partial charge in [-0.1, -0.05) is 6.07 Å². The maximum absolute atomic E-state index is 13.1. The van der Waals surface area contributed by atoms with Crippen molar-refractivity contribution in [3.05, 3.63) is 23.8 Å². The minimum Gasteiger partial charge on any atom is -0.493 e. The fraction of sp³-hybridized carbons (Fsp3) is 0.467. The Balaban J connectivity index is 2.83. The summed E-state index contributed by atoms with van der Waals surface area (Å²) in [6.45, 7) is 1.50. The van der Waals surface area contributed by atoms with Gasteiger partial charge in [-0.3, -0.25) is 4.79 Å². The van der Waals surface area contributed by atoms with E-state index in [1.165, 1.54) is 26.2 Å². The predicted molar refractivity (Wildman–Crippen MR) is 76.1 cm³/mol. The van der Waals surface area contributed by atoms with Gasteiger partial charge in [0.25, 0.3) is 0 Å². The van der Waals surface area contributed by atoms with Crippen LogP contribution in [-0.4, -0.2) is 31.6 Å². The highest BCUT2D eigenvalue weighted by molar-refractivity contribution is 5.76. The van der Waals surface area contributed by atoms with Gasteiger partial charge in [-0.15, -0.1) is 0 Å². The summed E-state index contributed by atoms with van der Waals surface area (Å²) in [6.07, 6.45) is -8.52. The van der Waals surface area contributed by atoms with Crippen molar-refractivity contribution in [2.75, 3.05) is 7.11 Å². The number of methoxy groups -OCH3 is 1. The molecule has 0 bridgehead atoms. The molecule has 24 heavy (non-hydrogen) atoms. The number of ether oxygens (including phenoxy) is 2. The quantitative estimate of drug-likeness (QED) is 0.734. The van der Waals surface area contributed by atoms with E-state index in [0.717, 1.165) is 6.07 Å². The SMILES string of the molecule is COc1ccc(CCC(=O)NC(C)C#N)cc1OC(F)(F)C(F)F. The summed E-state index contributed by atoms with van der Waals surface area (Å²) >= 11 is 0. The van der Waals surface area contributed by atoms with Crippen molar-refractivity contribution in [1.29, 1.82) is 5.26 Å². The number of nitrogens with zero attached hydrogens (tertiary/aromatic N) is 1. The Morgan fingerprint density at radius 2 is 2.04 bits per heavy atom. The van der Waals surface area contributed by atoms with Crippen LogP contribution in [0.2, 0.25) is 0 Å². The van der Waals surface area contributed by atoms with E-state index in [4.69, 9.17) is 10.00 Å². The molecule has 1 N–H and O–H groups in total. The van der Waals surface area contributed by atoms with Crippen molar-refractivity contribution in [3.8, 4) is 17.6 Å². The van der Waals surface area contributed by atoms with Crippen LogP contribution in [0.15, 0.2) is 18.2 Å². The molecule has 0 heterocycles. The van der Waals surface area contributed by atoms with Crippen LogP contribution in [0.25, 0.3) is 0 Å². The van der Waals surface area contributed by atoms with Gasteiger partial charge in [-0.25, -0.2) is 0 Å². The first-order valence-electron chi connectivity index (χ1n) is 6.90. The van der Waals surface area contributed by atoms with Gasteiger partial charge in [0.15, 0.2) is 11.5 Å². The van der Waals surface area contributed by atoms with Gasteiger partial charge < -0.3 is 14.8 Å². The molecule has 0 fully saturated rings. The van der Waals surface area contributed by atoms with Crippen molar-refractivity contribution in [2.24, 2.45) is 0 Å². The lowest BCUT2D eigenvalue weighted by Gasteiger charge is -2.19. The Morgan fingerprint density at radius 3 is 2.58 bits per heavy atom. The van der Waals surface area contributed by atoms with Crippen LogP contribution in [0.5, 0.6) is 11.5 Å². The first-order chi connectivity index (χ1) is 11.2. The van der Waals surface area contributed by atoms with E-state index in [1.54, 1.807) is 0 Å². The highest BCUT2D eigenvalue weighted by atomic mass is 19.3. The summed E-state index contributed by atoms with van der Waals surface area (Å²) in [7, 11) is 1.18. The van der Waals surface area contributed by atoms with E-state index in [2.05, 4.69) is 10.1 Å². The van der Waals surface area contributed by atoms with Gasteiger partial charge in [0.2, 0.25) is 5.91 Å². The summed E-state index contributed by atoms with van der Waals surface area (Å²) in [5, 5.41) is 11.0. The molecule has 0 saturated heterocycles. The number of carbonyl (C=O) groups excluding carboxylic acids is 1. The Hall–Kier alpha value is -2.50. The number of nitrogens with one attached hydrogen (secondary N) is 1. The number of aryl methyl sites for hydroxylation is 1. The molecule has 0 aliphatic rings. The van der Waals surface area contributed by atoms with Gasteiger partial charge in [0.1, 0.15) is 6.04 Å². The molecular formula is C15H16F4N2O3. The third-order valence-electron chi connectivity index (χ3n) is 2.94. The molecule has 5 nitrogen and oxygen atoms in total. The number of amides is 1. The van der Waals surface area contributed by atoms with Crippen LogP contribution >= 0.6 is 0 Å². The Bertz CT molecular complexity index is 617. The molecule has 132 valence electrons. The van der Waals surface area contributed by atoms with E-state index < -0.39 is 30.2 Å².